The lowest BCUT2D eigenvalue weighted by atomic mass is 9.96. The van der Waals surface area contributed by atoms with Crippen LogP contribution in [-0.2, 0) is 0 Å². The smallest absolute Gasteiger partial charge is 0.152 e. The summed E-state index contributed by atoms with van der Waals surface area (Å²) in [5.74, 6) is 0.464. The van der Waals surface area contributed by atoms with Crippen molar-refractivity contribution in [1.29, 1.82) is 0 Å². The van der Waals surface area contributed by atoms with E-state index >= 15 is 0 Å². The second kappa shape index (κ2) is 5.68. The van der Waals surface area contributed by atoms with E-state index in [0.717, 1.165) is 17.1 Å². The molecule has 2 heterocycles. The Morgan fingerprint density at radius 2 is 2.40 bits per heavy atom. The largest absolute Gasteiger partial charge is 0.483 e. The lowest BCUT2D eigenvalue weighted by Crippen LogP contribution is -2.29. The number of thiazole rings is 1. The van der Waals surface area contributed by atoms with Crippen LogP contribution in [0.25, 0.3) is 0 Å². The molecule has 0 aliphatic carbocycles. The fourth-order valence-electron chi connectivity index (χ4n) is 2.45. The van der Waals surface area contributed by atoms with Crippen molar-refractivity contribution >= 4 is 22.9 Å². The molecule has 1 N–H and O–H groups in total. The standard InChI is InChI=1S/C14H14ClFN2OS/c1-2-17-10-6-12(14-18-7-13(15)20-14)19-11-4-3-8(16)5-9(10)11/h3-5,7,10,12,17H,2,6H2,1H3. The molecule has 1 aromatic heterocycles. The number of hydrogen-bond acceptors (Lipinski definition) is 4. The van der Waals surface area contributed by atoms with E-state index in [-0.39, 0.29) is 18.0 Å². The molecule has 2 unspecified atom stereocenters. The molecule has 106 valence electrons. The number of hydrogen-bond donors (Lipinski definition) is 1. The van der Waals surface area contributed by atoms with Crippen molar-refractivity contribution in [2.45, 2.75) is 25.5 Å². The molecule has 0 bridgehead atoms. The predicted molar refractivity (Wildman–Crippen MR) is 77.9 cm³/mol. The van der Waals surface area contributed by atoms with Gasteiger partial charge in [-0.2, -0.15) is 0 Å². The first-order valence-electron chi connectivity index (χ1n) is 6.48. The molecule has 1 aliphatic rings. The van der Waals surface area contributed by atoms with Crippen LogP contribution in [0.5, 0.6) is 5.75 Å². The van der Waals surface area contributed by atoms with E-state index in [1.807, 2.05) is 6.92 Å². The molecule has 6 heteroatoms. The van der Waals surface area contributed by atoms with Gasteiger partial charge in [0.2, 0.25) is 0 Å². The van der Waals surface area contributed by atoms with Gasteiger partial charge in [0.15, 0.2) is 6.10 Å². The van der Waals surface area contributed by atoms with Gasteiger partial charge >= 0.3 is 0 Å². The Labute approximate surface area is 125 Å². The summed E-state index contributed by atoms with van der Waals surface area (Å²) < 4.78 is 20.0. The molecule has 3 nitrogen and oxygen atoms in total. The minimum Gasteiger partial charge on any atom is -0.483 e. The molecule has 0 saturated carbocycles. The molecular weight excluding hydrogens is 299 g/mol. The van der Waals surface area contributed by atoms with Crippen molar-refractivity contribution in [3.05, 3.63) is 45.1 Å². The molecule has 2 aromatic rings. The van der Waals surface area contributed by atoms with Crippen molar-refractivity contribution in [3.8, 4) is 5.75 Å². The zero-order valence-electron chi connectivity index (χ0n) is 10.9. The Bertz CT molecular complexity index is 619. The van der Waals surface area contributed by atoms with E-state index in [0.29, 0.717) is 16.5 Å². The molecule has 20 heavy (non-hydrogen) atoms. The maximum absolute atomic E-state index is 13.4. The highest BCUT2D eigenvalue weighted by molar-refractivity contribution is 7.15. The van der Waals surface area contributed by atoms with Crippen LogP contribution in [0.4, 0.5) is 4.39 Å². The van der Waals surface area contributed by atoms with Crippen molar-refractivity contribution in [2.24, 2.45) is 0 Å². The highest BCUT2D eigenvalue weighted by Gasteiger charge is 2.30. The summed E-state index contributed by atoms with van der Waals surface area (Å²) in [7, 11) is 0. The van der Waals surface area contributed by atoms with Crippen LogP contribution in [0.2, 0.25) is 4.34 Å². The van der Waals surface area contributed by atoms with E-state index in [2.05, 4.69) is 10.3 Å². The second-order valence-corrected chi connectivity index (χ2v) is 6.33. The van der Waals surface area contributed by atoms with Crippen LogP contribution in [0.1, 0.15) is 36.1 Å². The third-order valence-corrected chi connectivity index (χ3v) is 4.49. The Hall–Kier alpha value is -1.17. The highest BCUT2D eigenvalue weighted by Crippen LogP contribution is 2.42. The van der Waals surface area contributed by atoms with Crippen LogP contribution in [0.3, 0.4) is 0 Å². The van der Waals surface area contributed by atoms with Crippen LogP contribution in [0, 0.1) is 5.82 Å². The van der Waals surface area contributed by atoms with Crippen LogP contribution < -0.4 is 10.1 Å². The van der Waals surface area contributed by atoms with Crippen molar-refractivity contribution in [3.63, 3.8) is 0 Å². The molecule has 3 rings (SSSR count). The lowest BCUT2D eigenvalue weighted by Gasteiger charge is -2.31. The number of halogens is 2. The maximum Gasteiger partial charge on any atom is 0.152 e. The van der Waals surface area contributed by atoms with Gasteiger partial charge in [-0.15, -0.1) is 11.3 Å². The van der Waals surface area contributed by atoms with Gasteiger partial charge in [-0.05, 0) is 24.7 Å². The van der Waals surface area contributed by atoms with Gasteiger partial charge in [0.25, 0.3) is 0 Å². The molecule has 0 fully saturated rings. The molecule has 2 atom stereocenters. The maximum atomic E-state index is 13.4. The van der Waals surface area contributed by atoms with Gasteiger partial charge in [0, 0.05) is 18.0 Å². The minimum absolute atomic E-state index is 0.0622. The molecular formula is C14H14ClFN2OS. The van der Waals surface area contributed by atoms with Gasteiger partial charge in [0.05, 0.1) is 6.20 Å². The SMILES string of the molecule is CCNC1CC(c2ncc(Cl)s2)Oc2ccc(F)cc21. The fourth-order valence-corrected chi connectivity index (χ4v) is 3.42. The monoisotopic (exact) mass is 312 g/mol. The third-order valence-electron chi connectivity index (χ3n) is 3.29. The number of nitrogens with zero attached hydrogens (tertiary/aromatic N) is 1. The Kier molecular flexibility index (Phi) is 3.92. The number of rotatable bonds is 3. The Morgan fingerprint density at radius 3 is 3.10 bits per heavy atom. The number of fused-ring (bicyclic) bond motifs is 1. The summed E-state index contributed by atoms with van der Waals surface area (Å²) in [5.41, 5.74) is 0.866. The number of ether oxygens (including phenoxy) is 1. The molecule has 0 spiro atoms. The first-order chi connectivity index (χ1) is 9.67. The van der Waals surface area contributed by atoms with Crippen LogP contribution in [0.15, 0.2) is 24.4 Å². The van der Waals surface area contributed by atoms with Gasteiger partial charge in [0.1, 0.15) is 20.9 Å². The normalized spacial score (nSPS) is 21.4. The topological polar surface area (TPSA) is 34.2 Å². The van der Waals surface area contributed by atoms with E-state index < -0.39 is 0 Å². The van der Waals surface area contributed by atoms with E-state index in [1.165, 1.54) is 23.5 Å². The van der Waals surface area contributed by atoms with Crippen molar-refractivity contribution < 1.29 is 9.13 Å². The summed E-state index contributed by atoms with van der Waals surface area (Å²) in [6, 6.07) is 4.69. The minimum atomic E-state index is -0.244. The number of nitrogens with one attached hydrogen (secondary N) is 1. The first kappa shape index (κ1) is 13.8. The zero-order chi connectivity index (χ0) is 14.1. The first-order valence-corrected chi connectivity index (χ1v) is 7.67. The third kappa shape index (κ3) is 2.66. The Balaban J connectivity index is 1.94. The summed E-state index contributed by atoms with van der Waals surface area (Å²) in [5, 5.41) is 4.23. The Morgan fingerprint density at radius 1 is 1.55 bits per heavy atom. The second-order valence-electron chi connectivity index (χ2n) is 4.64. The predicted octanol–water partition coefficient (Wildman–Crippen LogP) is 4.11. The van der Waals surface area contributed by atoms with E-state index in [9.17, 15) is 4.39 Å². The molecule has 0 amide bonds. The van der Waals surface area contributed by atoms with Gasteiger partial charge < -0.3 is 10.1 Å². The number of aromatic nitrogens is 1. The van der Waals surface area contributed by atoms with Gasteiger partial charge in [-0.3, -0.25) is 0 Å². The molecule has 1 aromatic carbocycles. The summed E-state index contributed by atoms with van der Waals surface area (Å²) in [6.45, 7) is 2.84. The van der Waals surface area contributed by atoms with Gasteiger partial charge in [-0.25, -0.2) is 9.37 Å². The van der Waals surface area contributed by atoms with Crippen LogP contribution >= 0.6 is 22.9 Å². The number of benzene rings is 1. The van der Waals surface area contributed by atoms with Crippen molar-refractivity contribution in [2.75, 3.05) is 6.54 Å². The fraction of sp³-hybridized carbons (Fsp3) is 0.357. The molecule has 1 aliphatic heterocycles. The highest BCUT2D eigenvalue weighted by atomic mass is 35.5. The zero-order valence-corrected chi connectivity index (χ0v) is 12.5. The summed E-state index contributed by atoms with van der Waals surface area (Å²) in [6.07, 6.45) is 2.20. The average Bonchev–Trinajstić information content (AvgIpc) is 2.86. The lowest BCUT2D eigenvalue weighted by molar-refractivity contribution is 0.151. The van der Waals surface area contributed by atoms with E-state index in [4.69, 9.17) is 16.3 Å². The quantitative estimate of drug-likeness (QED) is 0.926. The molecule has 0 saturated heterocycles. The summed E-state index contributed by atoms with van der Waals surface area (Å²) >= 11 is 7.35. The molecule has 0 radical (unpaired) electrons. The summed E-state index contributed by atoms with van der Waals surface area (Å²) in [4.78, 5) is 4.28. The van der Waals surface area contributed by atoms with Crippen molar-refractivity contribution in [1.82, 2.24) is 10.3 Å². The van der Waals surface area contributed by atoms with Crippen LogP contribution in [-0.4, -0.2) is 11.5 Å². The van der Waals surface area contributed by atoms with Gasteiger partial charge in [-0.1, -0.05) is 18.5 Å². The average molecular weight is 313 g/mol. The van der Waals surface area contributed by atoms with E-state index in [1.54, 1.807) is 12.3 Å².